The fraction of sp³-hybridized carbons (Fsp3) is 0.500. The van der Waals surface area contributed by atoms with Crippen molar-refractivity contribution in [3.8, 4) is 17.0 Å². The van der Waals surface area contributed by atoms with Crippen LogP contribution in [0.3, 0.4) is 0 Å². The summed E-state index contributed by atoms with van der Waals surface area (Å²) in [5, 5.41) is 18.2. The van der Waals surface area contributed by atoms with Crippen LogP contribution in [0.25, 0.3) is 11.3 Å². The zero-order valence-electron chi connectivity index (χ0n) is 19.2. The van der Waals surface area contributed by atoms with Gasteiger partial charge in [-0.1, -0.05) is 12.8 Å². The molecule has 2 fully saturated rings. The second-order valence-corrected chi connectivity index (χ2v) is 9.17. The molecule has 174 valence electrons. The molecule has 0 radical (unpaired) electrons. The van der Waals surface area contributed by atoms with Crippen LogP contribution in [0, 0.1) is 12.8 Å². The van der Waals surface area contributed by atoms with Crippen LogP contribution < -0.4 is 10.1 Å². The first kappa shape index (κ1) is 21.6. The summed E-state index contributed by atoms with van der Waals surface area (Å²) in [6, 6.07) is 7.95. The predicted octanol–water partition coefficient (Wildman–Crippen LogP) is 2.79. The zero-order chi connectivity index (χ0) is 22.8. The van der Waals surface area contributed by atoms with Crippen LogP contribution in [0.4, 0.5) is 0 Å². The van der Waals surface area contributed by atoms with E-state index in [1.54, 1.807) is 7.11 Å². The first-order valence-corrected chi connectivity index (χ1v) is 11.7. The third-order valence-electron chi connectivity index (χ3n) is 6.89. The van der Waals surface area contributed by atoms with Gasteiger partial charge in [0, 0.05) is 36.7 Å². The zero-order valence-corrected chi connectivity index (χ0v) is 19.2. The number of H-pyrrole nitrogens is 2. The molecule has 0 bridgehead atoms. The minimum Gasteiger partial charge on any atom is -0.497 e. The van der Waals surface area contributed by atoms with E-state index >= 15 is 0 Å². The van der Waals surface area contributed by atoms with Gasteiger partial charge in [-0.3, -0.25) is 19.9 Å². The number of nitrogens with zero attached hydrogens (tertiary/aromatic N) is 4. The van der Waals surface area contributed by atoms with Gasteiger partial charge in [0.15, 0.2) is 5.82 Å². The third-order valence-corrected chi connectivity index (χ3v) is 6.89. The number of amides is 1. The van der Waals surface area contributed by atoms with Crippen molar-refractivity contribution in [1.82, 2.24) is 35.6 Å². The third kappa shape index (κ3) is 4.64. The van der Waals surface area contributed by atoms with E-state index in [9.17, 15) is 4.79 Å². The Kier molecular flexibility index (Phi) is 6.13. The monoisotopic (exact) mass is 449 g/mol. The van der Waals surface area contributed by atoms with Crippen LogP contribution in [-0.4, -0.2) is 62.4 Å². The molecule has 1 amide bonds. The number of ether oxygens (including phenoxy) is 1. The summed E-state index contributed by atoms with van der Waals surface area (Å²) in [5.74, 6) is 2.76. The number of carbonyl (C=O) groups is 1. The molecule has 9 nitrogen and oxygen atoms in total. The first-order chi connectivity index (χ1) is 16.1. The fourth-order valence-corrected chi connectivity index (χ4v) is 5.12. The summed E-state index contributed by atoms with van der Waals surface area (Å²) >= 11 is 0. The van der Waals surface area contributed by atoms with Gasteiger partial charge in [-0.2, -0.15) is 10.2 Å². The number of carbonyl (C=O) groups excluding carboxylic acids is 1. The number of benzene rings is 1. The van der Waals surface area contributed by atoms with Crippen LogP contribution in [0.1, 0.15) is 48.8 Å². The minimum atomic E-state index is -0.00959. The summed E-state index contributed by atoms with van der Waals surface area (Å²) in [7, 11) is 1.66. The molecule has 1 aliphatic heterocycles. The number of aromatic nitrogens is 5. The summed E-state index contributed by atoms with van der Waals surface area (Å²) in [4.78, 5) is 19.8. The second-order valence-electron chi connectivity index (χ2n) is 9.17. The number of rotatable bonds is 7. The molecule has 1 saturated heterocycles. The Labute approximate surface area is 193 Å². The lowest BCUT2D eigenvalue weighted by Gasteiger charge is -2.20. The van der Waals surface area contributed by atoms with Crippen molar-refractivity contribution in [3.05, 3.63) is 47.7 Å². The molecule has 2 atom stereocenters. The molecule has 2 aliphatic rings. The van der Waals surface area contributed by atoms with Gasteiger partial charge < -0.3 is 10.1 Å². The molecule has 0 unspecified atom stereocenters. The van der Waals surface area contributed by atoms with Gasteiger partial charge in [-0.05, 0) is 44.0 Å². The number of methoxy groups -OCH3 is 1. The topological polar surface area (TPSA) is 112 Å². The standard InChI is InChI=1S/C24H31N7O2/c1-15-26-23(30-28-15)20-13-31(14-21(20)27-24(32)17-5-3-4-6-17)12-18-11-25-29-22(18)16-7-9-19(33-2)10-8-16/h7-11,17,20-21H,3-6,12-14H2,1-2H3,(H,25,29)(H,27,32)(H,26,28,30)/t20-,21-/m1/s1. The number of hydrogen-bond donors (Lipinski definition) is 3. The average Bonchev–Trinajstić information content (AvgIpc) is 3.62. The smallest absolute Gasteiger partial charge is 0.223 e. The van der Waals surface area contributed by atoms with E-state index in [0.29, 0.717) is 0 Å². The Bertz CT molecular complexity index is 1080. The molecule has 9 heteroatoms. The van der Waals surface area contributed by atoms with E-state index in [-0.39, 0.29) is 23.8 Å². The Morgan fingerprint density at radius 3 is 2.67 bits per heavy atom. The summed E-state index contributed by atoms with van der Waals surface area (Å²) in [6.07, 6.45) is 6.16. The van der Waals surface area contributed by atoms with Gasteiger partial charge in [0.25, 0.3) is 0 Å². The Morgan fingerprint density at radius 2 is 1.97 bits per heavy atom. The lowest BCUT2D eigenvalue weighted by molar-refractivity contribution is -0.125. The van der Waals surface area contributed by atoms with Crippen molar-refractivity contribution in [2.75, 3.05) is 20.2 Å². The Morgan fingerprint density at radius 1 is 1.18 bits per heavy atom. The highest BCUT2D eigenvalue weighted by atomic mass is 16.5. The van der Waals surface area contributed by atoms with E-state index < -0.39 is 0 Å². The number of likely N-dealkylation sites (tertiary alicyclic amines) is 1. The maximum atomic E-state index is 12.9. The first-order valence-electron chi connectivity index (χ1n) is 11.7. The van der Waals surface area contributed by atoms with Crippen molar-refractivity contribution in [2.45, 2.75) is 51.1 Å². The van der Waals surface area contributed by atoms with E-state index in [0.717, 1.165) is 79.5 Å². The minimum absolute atomic E-state index is 0.00959. The van der Waals surface area contributed by atoms with Crippen LogP contribution in [0.5, 0.6) is 5.75 Å². The van der Waals surface area contributed by atoms with Crippen LogP contribution in [0.2, 0.25) is 0 Å². The maximum absolute atomic E-state index is 12.9. The number of aryl methyl sites for hydroxylation is 1. The lowest BCUT2D eigenvalue weighted by atomic mass is 10.0. The summed E-state index contributed by atoms with van der Waals surface area (Å²) in [6.45, 7) is 4.17. The summed E-state index contributed by atoms with van der Waals surface area (Å²) in [5.41, 5.74) is 3.18. The van der Waals surface area contributed by atoms with E-state index in [2.05, 4.69) is 35.6 Å². The maximum Gasteiger partial charge on any atom is 0.223 e. The molecule has 3 aromatic rings. The van der Waals surface area contributed by atoms with Crippen LogP contribution >= 0.6 is 0 Å². The molecule has 1 aliphatic carbocycles. The largest absolute Gasteiger partial charge is 0.497 e. The van der Waals surface area contributed by atoms with Crippen LogP contribution in [0.15, 0.2) is 30.5 Å². The second kappa shape index (κ2) is 9.35. The average molecular weight is 450 g/mol. The molecule has 3 N–H and O–H groups in total. The number of nitrogens with one attached hydrogen (secondary N) is 3. The molecule has 0 spiro atoms. The number of aromatic amines is 2. The van der Waals surface area contributed by atoms with Gasteiger partial charge in [0.05, 0.1) is 31.0 Å². The molecule has 1 saturated carbocycles. The van der Waals surface area contributed by atoms with Crippen molar-refractivity contribution < 1.29 is 9.53 Å². The highest BCUT2D eigenvalue weighted by Gasteiger charge is 2.38. The van der Waals surface area contributed by atoms with Crippen molar-refractivity contribution >= 4 is 5.91 Å². The molecule has 5 rings (SSSR count). The Hall–Kier alpha value is -3.20. The molecule has 2 aromatic heterocycles. The fourth-order valence-electron chi connectivity index (χ4n) is 5.12. The van der Waals surface area contributed by atoms with Crippen LogP contribution in [-0.2, 0) is 11.3 Å². The molecule has 1 aromatic carbocycles. The quantitative estimate of drug-likeness (QED) is 0.511. The molecule has 3 heterocycles. The van der Waals surface area contributed by atoms with Gasteiger partial charge in [-0.15, -0.1) is 0 Å². The van der Waals surface area contributed by atoms with Gasteiger partial charge in [0.2, 0.25) is 5.91 Å². The summed E-state index contributed by atoms with van der Waals surface area (Å²) < 4.78 is 5.28. The van der Waals surface area contributed by atoms with Gasteiger partial charge in [-0.25, -0.2) is 4.98 Å². The number of hydrogen-bond acceptors (Lipinski definition) is 6. The highest BCUT2D eigenvalue weighted by Crippen LogP contribution is 2.31. The lowest BCUT2D eigenvalue weighted by Crippen LogP contribution is -2.42. The van der Waals surface area contributed by atoms with E-state index in [1.165, 1.54) is 0 Å². The molecule has 33 heavy (non-hydrogen) atoms. The van der Waals surface area contributed by atoms with Crippen molar-refractivity contribution in [2.24, 2.45) is 5.92 Å². The SMILES string of the molecule is COc1ccc(-c2[nH]ncc2CN2C[C@@H](NC(=O)C3CCCC3)[C@H](c3n[nH]c(C)n3)C2)cc1. The molecular weight excluding hydrogens is 418 g/mol. The highest BCUT2D eigenvalue weighted by molar-refractivity contribution is 5.79. The van der Waals surface area contributed by atoms with Gasteiger partial charge >= 0.3 is 0 Å². The predicted molar refractivity (Wildman–Crippen MR) is 124 cm³/mol. The van der Waals surface area contributed by atoms with Gasteiger partial charge in [0.1, 0.15) is 11.6 Å². The molecular formula is C24H31N7O2. The Balaban J connectivity index is 1.33. The van der Waals surface area contributed by atoms with Crippen molar-refractivity contribution in [3.63, 3.8) is 0 Å². The van der Waals surface area contributed by atoms with E-state index in [4.69, 9.17) is 4.74 Å². The van der Waals surface area contributed by atoms with Crippen molar-refractivity contribution in [1.29, 1.82) is 0 Å². The normalized spacial score (nSPS) is 21.5. The van der Waals surface area contributed by atoms with E-state index in [1.807, 2.05) is 37.4 Å².